The fourth-order valence-corrected chi connectivity index (χ4v) is 2.72. The van der Waals surface area contributed by atoms with Gasteiger partial charge in [0.25, 0.3) is 0 Å². The van der Waals surface area contributed by atoms with Crippen LogP contribution in [-0.2, 0) is 11.2 Å². The highest BCUT2D eigenvalue weighted by atomic mass is 16.5. The van der Waals surface area contributed by atoms with Crippen molar-refractivity contribution in [1.29, 1.82) is 0 Å². The van der Waals surface area contributed by atoms with Crippen molar-refractivity contribution in [1.82, 2.24) is 5.32 Å². The van der Waals surface area contributed by atoms with E-state index in [4.69, 9.17) is 4.74 Å². The Hall–Kier alpha value is -1.64. The molecule has 0 aromatic heterocycles. The molecule has 1 N–H and O–H groups in total. The number of rotatable bonds is 7. The van der Waals surface area contributed by atoms with E-state index in [0.29, 0.717) is 6.61 Å². The van der Waals surface area contributed by atoms with Gasteiger partial charge >= 0.3 is 0 Å². The van der Waals surface area contributed by atoms with E-state index < -0.39 is 0 Å². The van der Waals surface area contributed by atoms with Gasteiger partial charge < -0.3 is 10.1 Å². The summed E-state index contributed by atoms with van der Waals surface area (Å²) >= 11 is 0. The van der Waals surface area contributed by atoms with E-state index in [0.717, 1.165) is 6.42 Å². The van der Waals surface area contributed by atoms with E-state index in [1.807, 2.05) is 13.1 Å². The van der Waals surface area contributed by atoms with Crippen LogP contribution in [0.15, 0.2) is 54.6 Å². The molecule has 2 unspecified atom stereocenters. The summed E-state index contributed by atoms with van der Waals surface area (Å²) in [6.07, 6.45) is 1.03. The third kappa shape index (κ3) is 4.42. The molecule has 0 heterocycles. The molecule has 0 aliphatic heterocycles. The summed E-state index contributed by atoms with van der Waals surface area (Å²) in [5.74, 6) is 0. The highest BCUT2D eigenvalue weighted by molar-refractivity contribution is 5.25. The van der Waals surface area contributed by atoms with Crippen LogP contribution in [0, 0.1) is 6.92 Å². The Kier molecular flexibility index (Phi) is 5.97. The van der Waals surface area contributed by atoms with E-state index in [9.17, 15) is 0 Å². The summed E-state index contributed by atoms with van der Waals surface area (Å²) in [5, 5.41) is 3.43. The zero-order valence-corrected chi connectivity index (χ0v) is 13.2. The third-order valence-corrected chi connectivity index (χ3v) is 3.75. The van der Waals surface area contributed by atoms with E-state index in [1.165, 1.54) is 16.7 Å². The average molecular weight is 283 g/mol. The second-order valence-electron chi connectivity index (χ2n) is 5.37. The summed E-state index contributed by atoms with van der Waals surface area (Å²) in [7, 11) is 2.01. The third-order valence-electron chi connectivity index (χ3n) is 3.75. The van der Waals surface area contributed by atoms with E-state index >= 15 is 0 Å². The van der Waals surface area contributed by atoms with Gasteiger partial charge in [-0.2, -0.15) is 0 Å². The molecule has 2 atom stereocenters. The maximum atomic E-state index is 6.02. The lowest BCUT2D eigenvalue weighted by molar-refractivity contribution is 0.0352. The SMILES string of the molecule is CCOC(c1ccccc1)C(Cc1cccc(C)c1)NC. The number of hydrogen-bond donors (Lipinski definition) is 1. The second-order valence-corrected chi connectivity index (χ2v) is 5.37. The lowest BCUT2D eigenvalue weighted by Crippen LogP contribution is -2.35. The number of ether oxygens (including phenoxy) is 1. The minimum absolute atomic E-state index is 0.0710. The van der Waals surface area contributed by atoms with Crippen LogP contribution in [0.2, 0.25) is 0 Å². The Morgan fingerprint density at radius 3 is 2.43 bits per heavy atom. The van der Waals surface area contributed by atoms with Gasteiger partial charge in [-0.1, -0.05) is 60.2 Å². The lowest BCUT2D eigenvalue weighted by atomic mass is 9.95. The fraction of sp³-hybridized carbons (Fsp3) is 0.368. The predicted octanol–water partition coefficient (Wildman–Crippen LogP) is 3.90. The molecule has 0 saturated heterocycles. The quantitative estimate of drug-likeness (QED) is 0.832. The van der Waals surface area contributed by atoms with Gasteiger partial charge in [0.1, 0.15) is 0 Å². The topological polar surface area (TPSA) is 21.3 Å². The van der Waals surface area contributed by atoms with Gasteiger partial charge in [0.05, 0.1) is 6.10 Å². The van der Waals surface area contributed by atoms with Gasteiger partial charge in [-0.25, -0.2) is 0 Å². The van der Waals surface area contributed by atoms with Crippen molar-refractivity contribution >= 4 is 0 Å². The van der Waals surface area contributed by atoms with Crippen LogP contribution in [-0.4, -0.2) is 19.7 Å². The second kappa shape index (κ2) is 7.96. The molecule has 0 radical (unpaired) electrons. The molecule has 0 bridgehead atoms. The number of nitrogens with one attached hydrogen (secondary N) is 1. The Morgan fingerprint density at radius 1 is 1.05 bits per heavy atom. The van der Waals surface area contributed by atoms with Crippen molar-refractivity contribution in [3.8, 4) is 0 Å². The van der Waals surface area contributed by atoms with Crippen molar-refractivity contribution in [2.75, 3.05) is 13.7 Å². The predicted molar refractivity (Wildman–Crippen MR) is 88.5 cm³/mol. The maximum Gasteiger partial charge on any atom is 0.0980 e. The maximum absolute atomic E-state index is 6.02. The van der Waals surface area contributed by atoms with Crippen LogP contribution in [0.5, 0.6) is 0 Å². The molecule has 2 rings (SSSR count). The molecular formula is C19H25NO. The van der Waals surface area contributed by atoms with Crippen molar-refractivity contribution in [2.24, 2.45) is 0 Å². The molecule has 0 aliphatic rings. The summed E-state index contributed by atoms with van der Waals surface area (Å²) in [4.78, 5) is 0. The Bertz CT molecular complexity index is 538. The normalized spacial score (nSPS) is 13.9. The summed E-state index contributed by atoms with van der Waals surface area (Å²) in [6, 6.07) is 19.4. The van der Waals surface area contributed by atoms with E-state index in [-0.39, 0.29) is 12.1 Å². The van der Waals surface area contributed by atoms with Crippen LogP contribution in [0.1, 0.15) is 29.7 Å². The molecule has 2 nitrogen and oxygen atoms in total. The van der Waals surface area contributed by atoms with Crippen molar-refractivity contribution in [3.63, 3.8) is 0 Å². The van der Waals surface area contributed by atoms with Crippen LogP contribution in [0.4, 0.5) is 0 Å². The minimum atomic E-state index is 0.0710. The van der Waals surface area contributed by atoms with Crippen LogP contribution in [0.3, 0.4) is 0 Å². The molecule has 0 saturated carbocycles. The molecule has 21 heavy (non-hydrogen) atoms. The number of likely N-dealkylation sites (N-methyl/N-ethyl adjacent to an activating group) is 1. The number of hydrogen-bond acceptors (Lipinski definition) is 2. The monoisotopic (exact) mass is 283 g/mol. The van der Waals surface area contributed by atoms with Crippen molar-refractivity contribution < 1.29 is 4.74 Å². The number of benzene rings is 2. The van der Waals surface area contributed by atoms with Gasteiger partial charge in [0.2, 0.25) is 0 Å². The first kappa shape index (κ1) is 15.7. The molecule has 2 aromatic carbocycles. The molecule has 0 spiro atoms. The zero-order valence-electron chi connectivity index (χ0n) is 13.2. The van der Waals surface area contributed by atoms with Crippen molar-refractivity contribution in [3.05, 3.63) is 71.3 Å². The fourth-order valence-electron chi connectivity index (χ4n) is 2.72. The highest BCUT2D eigenvalue weighted by Crippen LogP contribution is 2.24. The van der Waals surface area contributed by atoms with E-state index in [1.54, 1.807) is 0 Å². The van der Waals surface area contributed by atoms with E-state index in [2.05, 4.69) is 67.7 Å². The number of aryl methyl sites for hydroxylation is 1. The van der Waals surface area contributed by atoms with Crippen LogP contribution >= 0.6 is 0 Å². The summed E-state index contributed by atoms with van der Waals surface area (Å²) in [6.45, 7) is 4.90. The minimum Gasteiger partial charge on any atom is -0.372 e. The van der Waals surface area contributed by atoms with Gasteiger partial charge in [-0.05, 0) is 38.4 Å². The van der Waals surface area contributed by atoms with Crippen LogP contribution in [0.25, 0.3) is 0 Å². The Balaban J connectivity index is 2.20. The average Bonchev–Trinajstić information content (AvgIpc) is 2.51. The largest absolute Gasteiger partial charge is 0.372 e. The molecular weight excluding hydrogens is 258 g/mol. The molecule has 112 valence electrons. The lowest BCUT2D eigenvalue weighted by Gasteiger charge is -2.27. The van der Waals surface area contributed by atoms with Gasteiger partial charge in [-0.3, -0.25) is 0 Å². The smallest absolute Gasteiger partial charge is 0.0980 e. The van der Waals surface area contributed by atoms with Gasteiger partial charge in [-0.15, -0.1) is 0 Å². The first-order valence-electron chi connectivity index (χ1n) is 7.64. The standard InChI is InChI=1S/C19H25NO/c1-4-21-19(17-11-6-5-7-12-17)18(20-3)14-16-10-8-9-15(2)13-16/h5-13,18-20H,4,14H2,1-3H3. The zero-order chi connectivity index (χ0) is 15.1. The molecule has 0 aliphatic carbocycles. The van der Waals surface area contributed by atoms with Crippen molar-refractivity contribution in [2.45, 2.75) is 32.4 Å². The Morgan fingerprint density at radius 2 is 1.81 bits per heavy atom. The molecule has 2 aromatic rings. The molecule has 2 heteroatoms. The molecule has 0 amide bonds. The van der Waals surface area contributed by atoms with Gasteiger partial charge in [0, 0.05) is 12.6 Å². The molecule has 0 fully saturated rings. The summed E-state index contributed by atoms with van der Waals surface area (Å²) in [5.41, 5.74) is 3.87. The highest BCUT2D eigenvalue weighted by Gasteiger charge is 2.22. The van der Waals surface area contributed by atoms with Gasteiger partial charge in [0.15, 0.2) is 0 Å². The Labute approximate surface area is 128 Å². The van der Waals surface area contributed by atoms with Crippen LogP contribution < -0.4 is 5.32 Å². The first-order valence-corrected chi connectivity index (χ1v) is 7.64. The summed E-state index contributed by atoms with van der Waals surface area (Å²) < 4.78 is 6.02. The first-order chi connectivity index (χ1) is 10.2.